The van der Waals surface area contributed by atoms with Crippen molar-refractivity contribution >= 4 is 17.0 Å². The number of aliphatic imine (C=N–C) groups is 1. The van der Waals surface area contributed by atoms with E-state index >= 15 is 0 Å². The molecule has 0 saturated heterocycles. The Kier molecular flexibility index (Phi) is 6.11. The first-order valence-electron chi connectivity index (χ1n) is 9.38. The molecule has 7 nitrogen and oxygen atoms in total. The van der Waals surface area contributed by atoms with Crippen LogP contribution in [0, 0.1) is 20.8 Å². The van der Waals surface area contributed by atoms with Crippen molar-refractivity contribution in [2.24, 2.45) is 4.99 Å². The number of fused-ring (bicyclic) bond motifs is 1. The Morgan fingerprint density at radius 3 is 2.67 bits per heavy atom. The van der Waals surface area contributed by atoms with E-state index in [9.17, 15) is 0 Å². The number of imidazole rings is 1. The van der Waals surface area contributed by atoms with Gasteiger partial charge in [0.05, 0.1) is 16.7 Å². The second-order valence-electron chi connectivity index (χ2n) is 6.63. The molecular weight excluding hydrogens is 340 g/mol. The second-order valence-corrected chi connectivity index (χ2v) is 6.63. The van der Waals surface area contributed by atoms with Gasteiger partial charge in [-0.2, -0.15) is 0 Å². The Bertz CT molecular complexity index is 904. The molecule has 2 aromatic heterocycles. The van der Waals surface area contributed by atoms with Crippen molar-refractivity contribution in [3.63, 3.8) is 0 Å². The maximum atomic E-state index is 5.20. The SMILES string of the molecule is CN=C(NCCCn1c(C)nc2ccccc21)NCCc1c(C)noc1C. The van der Waals surface area contributed by atoms with Gasteiger partial charge >= 0.3 is 0 Å². The summed E-state index contributed by atoms with van der Waals surface area (Å²) in [4.78, 5) is 8.91. The zero-order chi connectivity index (χ0) is 19.2. The summed E-state index contributed by atoms with van der Waals surface area (Å²) in [5.74, 6) is 2.76. The highest BCUT2D eigenvalue weighted by atomic mass is 16.5. The van der Waals surface area contributed by atoms with Gasteiger partial charge < -0.3 is 19.7 Å². The van der Waals surface area contributed by atoms with Gasteiger partial charge in [-0.05, 0) is 45.7 Å². The fourth-order valence-corrected chi connectivity index (χ4v) is 3.31. The summed E-state index contributed by atoms with van der Waals surface area (Å²) >= 11 is 0. The van der Waals surface area contributed by atoms with Gasteiger partial charge in [-0.1, -0.05) is 17.3 Å². The van der Waals surface area contributed by atoms with Crippen molar-refractivity contribution in [3.8, 4) is 0 Å². The number of para-hydroxylation sites is 2. The molecule has 0 radical (unpaired) electrons. The van der Waals surface area contributed by atoms with E-state index in [1.165, 1.54) is 11.1 Å². The van der Waals surface area contributed by atoms with Crippen LogP contribution in [-0.2, 0) is 13.0 Å². The summed E-state index contributed by atoms with van der Waals surface area (Å²) in [6, 6.07) is 8.27. The number of hydrogen-bond acceptors (Lipinski definition) is 4. The molecule has 0 amide bonds. The second kappa shape index (κ2) is 8.70. The molecule has 0 aliphatic carbocycles. The van der Waals surface area contributed by atoms with Crippen molar-refractivity contribution in [1.82, 2.24) is 25.3 Å². The van der Waals surface area contributed by atoms with Gasteiger partial charge in [-0.15, -0.1) is 0 Å². The van der Waals surface area contributed by atoms with Crippen LogP contribution in [0.15, 0.2) is 33.8 Å². The number of hydrogen-bond donors (Lipinski definition) is 2. The lowest BCUT2D eigenvalue weighted by atomic mass is 10.1. The Labute approximate surface area is 159 Å². The molecular formula is C20H28N6O. The topological polar surface area (TPSA) is 80.3 Å². The fourth-order valence-electron chi connectivity index (χ4n) is 3.31. The van der Waals surface area contributed by atoms with Crippen molar-refractivity contribution in [1.29, 1.82) is 0 Å². The van der Waals surface area contributed by atoms with Crippen molar-refractivity contribution in [2.75, 3.05) is 20.1 Å². The summed E-state index contributed by atoms with van der Waals surface area (Å²) < 4.78 is 7.47. The van der Waals surface area contributed by atoms with E-state index in [4.69, 9.17) is 4.52 Å². The average Bonchev–Trinajstić information content (AvgIpc) is 3.16. The molecule has 0 saturated carbocycles. The summed E-state index contributed by atoms with van der Waals surface area (Å²) in [5.41, 5.74) is 4.37. The van der Waals surface area contributed by atoms with Crippen LogP contribution >= 0.6 is 0 Å². The molecule has 0 unspecified atom stereocenters. The number of nitrogens with zero attached hydrogens (tertiary/aromatic N) is 4. The number of guanidine groups is 1. The monoisotopic (exact) mass is 368 g/mol. The van der Waals surface area contributed by atoms with Gasteiger partial charge in [-0.3, -0.25) is 4.99 Å². The van der Waals surface area contributed by atoms with Gasteiger partial charge in [0.1, 0.15) is 11.6 Å². The van der Waals surface area contributed by atoms with Crippen LogP contribution in [0.25, 0.3) is 11.0 Å². The number of nitrogens with one attached hydrogen (secondary N) is 2. The van der Waals surface area contributed by atoms with Gasteiger partial charge in [0, 0.05) is 32.2 Å². The maximum absolute atomic E-state index is 5.20. The zero-order valence-corrected chi connectivity index (χ0v) is 16.5. The molecule has 1 aromatic carbocycles. The summed E-state index contributed by atoms with van der Waals surface area (Å²) in [6.45, 7) is 8.54. The first kappa shape index (κ1) is 18.9. The molecule has 0 spiro atoms. The minimum atomic E-state index is 0.786. The normalized spacial score (nSPS) is 11.9. The average molecular weight is 368 g/mol. The van der Waals surface area contributed by atoms with Gasteiger partial charge in [0.15, 0.2) is 5.96 Å². The van der Waals surface area contributed by atoms with E-state index in [0.29, 0.717) is 0 Å². The lowest BCUT2D eigenvalue weighted by molar-refractivity contribution is 0.392. The highest BCUT2D eigenvalue weighted by Gasteiger charge is 2.09. The van der Waals surface area contributed by atoms with E-state index < -0.39 is 0 Å². The molecule has 0 atom stereocenters. The minimum absolute atomic E-state index is 0.786. The van der Waals surface area contributed by atoms with Crippen LogP contribution in [0.4, 0.5) is 0 Å². The quantitative estimate of drug-likeness (QED) is 0.381. The molecule has 2 N–H and O–H groups in total. The standard InChI is InChI=1S/C20H28N6O/c1-14-17(15(2)27-25-14)10-12-23-20(21-4)22-11-7-13-26-16(3)24-18-8-5-6-9-19(18)26/h5-6,8-9H,7,10-13H2,1-4H3,(H2,21,22,23). The zero-order valence-electron chi connectivity index (χ0n) is 16.5. The van der Waals surface area contributed by atoms with Gasteiger partial charge in [0.2, 0.25) is 0 Å². The Balaban J connectivity index is 1.44. The molecule has 3 aromatic rings. The molecule has 27 heavy (non-hydrogen) atoms. The summed E-state index contributed by atoms with van der Waals surface area (Å²) in [7, 11) is 1.79. The van der Waals surface area contributed by atoms with Crippen LogP contribution in [0.3, 0.4) is 0 Å². The van der Waals surface area contributed by atoms with Crippen molar-refractivity contribution in [2.45, 2.75) is 40.2 Å². The van der Waals surface area contributed by atoms with E-state index in [1.54, 1.807) is 7.05 Å². The summed E-state index contributed by atoms with van der Waals surface area (Å²) in [5, 5.41) is 10.7. The fraction of sp³-hybridized carbons (Fsp3) is 0.450. The van der Waals surface area contributed by atoms with Crippen LogP contribution in [0.1, 0.15) is 29.3 Å². The van der Waals surface area contributed by atoms with Crippen molar-refractivity contribution < 1.29 is 4.52 Å². The van der Waals surface area contributed by atoms with E-state index in [1.807, 2.05) is 19.9 Å². The first-order valence-corrected chi connectivity index (χ1v) is 9.38. The van der Waals surface area contributed by atoms with E-state index in [0.717, 1.165) is 61.2 Å². The molecule has 0 aliphatic heterocycles. The highest BCUT2D eigenvalue weighted by Crippen LogP contribution is 2.15. The molecule has 0 bridgehead atoms. The Morgan fingerprint density at radius 2 is 1.93 bits per heavy atom. The summed E-state index contributed by atoms with van der Waals surface area (Å²) in [6.07, 6.45) is 1.86. The predicted octanol–water partition coefficient (Wildman–Crippen LogP) is 2.75. The Morgan fingerprint density at radius 1 is 1.15 bits per heavy atom. The number of benzene rings is 1. The van der Waals surface area contributed by atoms with E-state index in [-0.39, 0.29) is 0 Å². The van der Waals surface area contributed by atoms with Crippen LogP contribution in [-0.4, -0.2) is 40.8 Å². The van der Waals surface area contributed by atoms with Gasteiger partial charge in [0.25, 0.3) is 0 Å². The van der Waals surface area contributed by atoms with E-state index in [2.05, 4.69) is 55.5 Å². The maximum Gasteiger partial charge on any atom is 0.190 e. The largest absolute Gasteiger partial charge is 0.361 e. The Hall–Kier alpha value is -2.83. The third-order valence-corrected chi connectivity index (χ3v) is 4.77. The van der Waals surface area contributed by atoms with Crippen LogP contribution in [0.2, 0.25) is 0 Å². The van der Waals surface area contributed by atoms with Gasteiger partial charge in [-0.25, -0.2) is 4.98 Å². The smallest absolute Gasteiger partial charge is 0.190 e. The lowest BCUT2D eigenvalue weighted by Crippen LogP contribution is -2.39. The van der Waals surface area contributed by atoms with Crippen molar-refractivity contribution in [3.05, 3.63) is 47.1 Å². The molecule has 0 fully saturated rings. The molecule has 0 aliphatic rings. The highest BCUT2D eigenvalue weighted by molar-refractivity contribution is 5.79. The third-order valence-electron chi connectivity index (χ3n) is 4.77. The molecule has 3 rings (SSSR count). The third kappa shape index (κ3) is 4.48. The number of rotatable bonds is 7. The molecule has 2 heterocycles. The van der Waals surface area contributed by atoms with Crippen LogP contribution < -0.4 is 10.6 Å². The first-order chi connectivity index (χ1) is 13.1. The number of aryl methyl sites for hydroxylation is 4. The molecule has 144 valence electrons. The lowest BCUT2D eigenvalue weighted by Gasteiger charge is -2.12. The minimum Gasteiger partial charge on any atom is -0.361 e. The van der Waals surface area contributed by atoms with Crippen LogP contribution in [0.5, 0.6) is 0 Å². The molecule has 7 heteroatoms. The number of aromatic nitrogens is 3. The predicted molar refractivity (Wildman–Crippen MR) is 108 cm³/mol.